The molecular weight excluding hydrogens is 657 g/mol. The van der Waals surface area contributed by atoms with Crippen LogP contribution in [0.4, 0.5) is 0 Å². The summed E-state index contributed by atoms with van der Waals surface area (Å²) in [6, 6.07) is -3.23. The van der Waals surface area contributed by atoms with Gasteiger partial charge in [-0.1, -0.05) is 0 Å². The molecule has 0 aromatic heterocycles. The van der Waals surface area contributed by atoms with E-state index >= 15 is 0 Å². The number of aliphatic carboxylic acids is 8. The van der Waals surface area contributed by atoms with Crippen molar-refractivity contribution in [3.05, 3.63) is 0 Å². The Bertz CT molecular complexity index is 760. The van der Waals surface area contributed by atoms with Crippen LogP contribution >= 0.6 is 0 Å². The smallest absolute Gasteiger partial charge is 0.550 e. The quantitative estimate of drug-likeness (QED) is 0.0977. The Morgan fingerprint density at radius 3 is 0.800 bits per heavy atom. The van der Waals surface area contributed by atoms with Gasteiger partial charge in [-0.25, -0.2) is 0 Å². The summed E-state index contributed by atoms with van der Waals surface area (Å²) in [5.74, 6) is -12.3. The number of carboxylic acids is 8. The number of hydrogen-bond donors (Lipinski definition) is 4. The summed E-state index contributed by atoms with van der Waals surface area (Å²) in [5, 5.41) is 76.1. The molecule has 0 aromatic carbocycles. The van der Waals surface area contributed by atoms with E-state index in [0.29, 0.717) is 9.80 Å². The van der Waals surface area contributed by atoms with Crippen LogP contribution in [0.1, 0.15) is 25.7 Å². The van der Waals surface area contributed by atoms with Crippen LogP contribution in [0, 0.1) is 0 Å². The second-order valence-corrected chi connectivity index (χ2v) is 6.88. The molecule has 0 aromatic rings. The van der Waals surface area contributed by atoms with Gasteiger partial charge in [0, 0.05) is 11.9 Å². The Hall–Kier alpha value is 2.23. The first-order valence-corrected chi connectivity index (χ1v) is 9.64. The molecular formula is C18H22K4N2O16. The number of hydrogen-bond acceptors (Lipinski definition) is 14. The summed E-state index contributed by atoms with van der Waals surface area (Å²) in [7, 11) is 0. The maximum atomic E-state index is 10.8. The molecule has 0 rings (SSSR count). The first kappa shape index (κ1) is 54.7. The second-order valence-electron chi connectivity index (χ2n) is 6.88. The van der Waals surface area contributed by atoms with Crippen molar-refractivity contribution in [3.8, 4) is 0 Å². The molecule has 0 heterocycles. The van der Waals surface area contributed by atoms with Crippen LogP contribution in [0.2, 0.25) is 0 Å². The molecule has 0 amide bonds. The van der Waals surface area contributed by atoms with Gasteiger partial charge in [-0.3, -0.25) is 29.0 Å². The van der Waals surface area contributed by atoms with Gasteiger partial charge in [-0.2, -0.15) is 0 Å². The molecule has 2 unspecified atom stereocenters. The van der Waals surface area contributed by atoms with Crippen molar-refractivity contribution >= 4 is 47.8 Å². The van der Waals surface area contributed by atoms with Gasteiger partial charge in [0.15, 0.2) is 0 Å². The van der Waals surface area contributed by atoms with E-state index in [1.54, 1.807) is 0 Å². The number of carboxylic acid groups (broad SMARTS) is 8. The van der Waals surface area contributed by atoms with Crippen LogP contribution in [0.25, 0.3) is 0 Å². The molecule has 4 N–H and O–H groups in total. The Balaban J connectivity index is -0.000000131. The summed E-state index contributed by atoms with van der Waals surface area (Å²) >= 11 is 0. The Labute approximate surface area is 397 Å². The van der Waals surface area contributed by atoms with Gasteiger partial charge in [-0.15, -0.1) is 0 Å². The number of carbonyl (C=O) groups excluding carboxylic acids is 4. The minimum atomic E-state index is -1.74. The summed E-state index contributed by atoms with van der Waals surface area (Å²) < 4.78 is 0. The maximum absolute atomic E-state index is 10.8. The molecule has 0 bridgehead atoms. The molecule has 0 aliphatic carbocycles. The van der Waals surface area contributed by atoms with Crippen LogP contribution in [-0.2, 0) is 38.4 Å². The van der Waals surface area contributed by atoms with Gasteiger partial charge in [0.25, 0.3) is 0 Å². The van der Waals surface area contributed by atoms with Gasteiger partial charge >= 0.3 is 229 Å². The van der Waals surface area contributed by atoms with Crippen molar-refractivity contribution in [2.24, 2.45) is 0 Å². The van der Waals surface area contributed by atoms with Crippen LogP contribution in [0.3, 0.4) is 0 Å². The van der Waals surface area contributed by atoms with E-state index in [4.69, 9.17) is 20.4 Å². The number of rotatable bonds is 18. The van der Waals surface area contributed by atoms with Crippen molar-refractivity contribution in [1.82, 2.24) is 9.80 Å². The van der Waals surface area contributed by atoms with Gasteiger partial charge in [-0.05, 0) is 25.7 Å². The Morgan fingerprint density at radius 1 is 0.475 bits per heavy atom. The molecule has 18 nitrogen and oxygen atoms in total. The molecule has 204 valence electrons. The topological polar surface area (TPSA) is 316 Å². The molecule has 22 heteroatoms. The molecule has 0 fully saturated rings. The van der Waals surface area contributed by atoms with Gasteiger partial charge in [0.2, 0.25) is 0 Å². The fourth-order valence-electron chi connectivity index (χ4n) is 2.66. The van der Waals surface area contributed by atoms with E-state index in [1.807, 2.05) is 0 Å². The molecule has 0 aliphatic heterocycles. The van der Waals surface area contributed by atoms with Crippen molar-refractivity contribution in [3.63, 3.8) is 0 Å². The maximum Gasteiger partial charge on any atom is 1.00 e. The fourth-order valence-corrected chi connectivity index (χ4v) is 2.66. The Morgan fingerprint density at radius 2 is 0.675 bits per heavy atom. The Kier molecular flexibility index (Phi) is 42.7. The summed E-state index contributed by atoms with van der Waals surface area (Å²) in [6.07, 6.45) is -2.28. The molecule has 0 spiro atoms. The molecule has 40 heavy (non-hydrogen) atoms. The summed E-state index contributed by atoms with van der Waals surface area (Å²) in [6.45, 7) is -3.40. The molecule has 2 atom stereocenters. The SMILES string of the molecule is O=C([O-])CCC(C(=O)[O-])N(CC(=O)O)CC(=O)O.O=C([O-])CCC(C(=O)[O-])N(CC(=O)O)CC(=O)O.[K+].[K+].[K+].[K+]. The van der Waals surface area contributed by atoms with Crippen LogP contribution in [0.15, 0.2) is 0 Å². The molecule has 0 saturated carbocycles. The standard InChI is InChI=1S/2C9H13NO8.4K/c2*11-6(12)2-1-5(9(17)18)10(3-7(13)14)4-8(15)16;;;;/h2*5H,1-4H2,(H,11,12)(H,13,14)(H,15,16)(H,17,18);;;;/q;;4*+1/p-4. The monoisotopic (exact) mass is 678 g/mol. The predicted molar refractivity (Wildman–Crippen MR) is 99.8 cm³/mol. The van der Waals surface area contributed by atoms with E-state index in [0.717, 1.165) is 0 Å². The molecule has 0 aliphatic rings. The number of carbonyl (C=O) groups is 8. The summed E-state index contributed by atoms with van der Waals surface area (Å²) in [4.78, 5) is 85.1. The van der Waals surface area contributed by atoms with E-state index in [-0.39, 0.29) is 206 Å². The van der Waals surface area contributed by atoms with Crippen molar-refractivity contribution in [2.45, 2.75) is 37.8 Å². The first-order valence-electron chi connectivity index (χ1n) is 9.64. The summed E-state index contributed by atoms with van der Waals surface area (Å²) in [5.41, 5.74) is 0. The average molecular weight is 679 g/mol. The van der Waals surface area contributed by atoms with Crippen molar-refractivity contribution < 1.29 is 285 Å². The van der Waals surface area contributed by atoms with Crippen LogP contribution < -0.4 is 226 Å². The molecule has 0 saturated heterocycles. The van der Waals surface area contributed by atoms with Crippen LogP contribution in [-0.4, -0.2) is 116 Å². The van der Waals surface area contributed by atoms with Gasteiger partial charge < -0.3 is 60.0 Å². The van der Waals surface area contributed by atoms with E-state index < -0.39 is 112 Å². The fraction of sp³-hybridized carbons (Fsp3) is 0.556. The van der Waals surface area contributed by atoms with Crippen molar-refractivity contribution in [1.29, 1.82) is 0 Å². The second kappa shape index (κ2) is 31.2. The molecule has 0 radical (unpaired) electrons. The van der Waals surface area contributed by atoms with Crippen LogP contribution in [0.5, 0.6) is 0 Å². The zero-order valence-electron chi connectivity index (χ0n) is 22.4. The normalized spacial score (nSPS) is 10.8. The minimum Gasteiger partial charge on any atom is -0.550 e. The zero-order valence-corrected chi connectivity index (χ0v) is 34.9. The third kappa shape index (κ3) is 31.6. The largest absolute Gasteiger partial charge is 1.00 e. The van der Waals surface area contributed by atoms with E-state index in [1.165, 1.54) is 0 Å². The van der Waals surface area contributed by atoms with E-state index in [2.05, 4.69) is 0 Å². The average Bonchev–Trinajstić information content (AvgIpc) is 2.65. The predicted octanol–water partition coefficient (Wildman–Crippen LogP) is -19.8. The third-order valence-electron chi connectivity index (χ3n) is 4.02. The first-order chi connectivity index (χ1) is 16.5. The van der Waals surface area contributed by atoms with Gasteiger partial charge in [0.05, 0.1) is 50.2 Å². The third-order valence-corrected chi connectivity index (χ3v) is 4.02. The van der Waals surface area contributed by atoms with E-state index in [9.17, 15) is 58.8 Å². The van der Waals surface area contributed by atoms with Gasteiger partial charge in [0.1, 0.15) is 0 Å². The minimum absolute atomic E-state index is 0. The zero-order chi connectivity index (χ0) is 28.6. The number of nitrogens with zero attached hydrogens (tertiary/aromatic N) is 2. The van der Waals surface area contributed by atoms with Crippen molar-refractivity contribution in [2.75, 3.05) is 26.2 Å².